The number of amides is 2. The van der Waals surface area contributed by atoms with Gasteiger partial charge >= 0.3 is 12.1 Å². The van der Waals surface area contributed by atoms with Gasteiger partial charge in [0, 0.05) is 34.1 Å². The number of nitrogens with zero attached hydrogens (tertiary/aromatic N) is 1. The van der Waals surface area contributed by atoms with Crippen molar-refractivity contribution in [3.63, 3.8) is 0 Å². The summed E-state index contributed by atoms with van der Waals surface area (Å²) in [6, 6.07) is 18.2. The lowest BCUT2D eigenvalue weighted by Crippen LogP contribution is -2.36. The van der Waals surface area contributed by atoms with Crippen molar-refractivity contribution in [1.82, 2.24) is 5.32 Å². The molecule has 0 aromatic heterocycles. The molecule has 3 aromatic carbocycles. The first-order valence-electron chi connectivity index (χ1n) is 13.9. The second-order valence-corrected chi connectivity index (χ2v) is 12.3. The number of alkyl carbamates (subject to hydrolysis) is 1. The van der Waals surface area contributed by atoms with Crippen LogP contribution in [-0.2, 0) is 20.8 Å². The molecule has 0 unspecified atom stereocenters. The van der Waals surface area contributed by atoms with Crippen molar-refractivity contribution >= 4 is 46.8 Å². The molecule has 0 saturated carbocycles. The fourth-order valence-electron chi connectivity index (χ4n) is 3.93. The number of benzene rings is 3. The van der Waals surface area contributed by atoms with E-state index in [1.54, 1.807) is 96.1 Å². The van der Waals surface area contributed by atoms with E-state index in [1.807, 2.05) is 0 Å². The molecule has 0 radical (unpaired) electrons. The van der Waals surface area contributed by atoms with Crippen LogP contribution in [0.5, 0.6) is 5.75 Å². The van der Waals surface area contributed by atoms with E-state index in [4.69, 9.17) is 31.2 Å². The Labute approximate surface area is 267 Å². The van der Waals surface area contributed by atoms with E-state index >= 15 is 0 Å². The van der Waals surface area contributed by atoms with Crippen molar-refractivity contribution in [2.75, 3.05) is 17.2 Å². The van der Waals surface area contributed by atoms with Gasteiger partial charge in [0.25, 0.3) is 5.91 Å². The van der Waals surface area contributed by atoms with Gasteiger partial charge in [-0.15, -0.1) is 0 Å². The molecule has 0 fully saturated rings. The van der Waals surface area contributed by atoms with Crippen LogP contribution in [0.1, 0.15) is 68.6 Å². The summed E-state index contributed by atoms with van der Waals surface area (Å²) in [5, 5.41) is 26.5. The standard InChI is InChI=1S/C33H36ClN5O6/c1-32(2,3)44-27(40)19-43-28-21(17-35)8-7-9-22(28)18-37-26-15-12-23(34)16-25(26)30(41)38-24-13-10-20(11-14-24)29(36)39-31(42)45-33(4,5)6/h7-16,37H,18-19H2,1-6H3,(H,38,41)(H2,36,39,42). The molecule has 45 heavy (non-hydrogen) atoms. The second kappa shape index (κ2) is 14.6. The van der Waals surface area contributed by atoms with Crippen molar-refractivity contribution in [3.05, 3.63) is 87.9 Å². The molecule has 0 aliphatic carbocycles. The first-order valence-corrected chi connectivity index (χ1v) is 14.3. The number of amidine groups is 1. The van der Waals surface area contributed by atoms with Crippen molar-refractivity contribution < 1.29 is 28.6 Å². The highest BCUT2D eigenvalue weighted by Gasteiger charge is 2.20. The quantitative estimate of drug-likeness (QED) is 0.116. The molecule has 0 spiro atoms. The Morgan fingerprint density at radius 3 is 2.22 bits per heavy atom. The Morgan fingerprint density at radius 2 is 1.60 bits per heavy atom. The maximum atomic E-state index is 13.3. The number of anilines is 2. The minimum Gasteiger partial charge on any atom is -0.480 e. The summed E-state index contributed by atoms with van der Waals surface area (Å²) in [5.41, 5.74) is 0.991. The van der Waals surface area contributed by atoms with Gasteiger partial charge in [-0.05, 0) is 90.1 Å². The monoisotopic (exact) mass is 633 g/mol. The van der Waals surface area contributed by atoms with Crippen LogP contribution < -0.4 is 20.7 Å². The van der Waals surface area contributed by atoms with Crippen LogP contribution in [0, 0.1) is 16.7 Å². The fourth-order valence-corrected chi connectivity index (χ4v) is 4.10. The number of rotatable bonds is 9. The molecule has 12 heteroatoms. The van der Waals surface area contributed by atoms with E-state index in [0.717, 1.165) is 0 Å². The van der Waals surface area contributed by atoms with Crippen molar-refractivity contribution in [3.8, 4) is 11.8 Å². The smallest absolute Gasteiger partial charge is 0.413 e. The van der Waals surface area contributed by atoms with E-state index in [2.05, 4.69) is 22.0 Å². The molecule has 0 saturated heterocycles. The van der Waals surface area contributed by atoms with Gasteiger partial charge in [-0.2, -0.15) is 5.26 Å². The Bertz CT molecular complexity index is 1620. The van der Waals surface area contributed by atoms with Crippen molar-refractivity contribution in [1.29, 1.82) is 10.7 Å². The number of hydrogen-bond acceptors (Lipinski definition) is 9. The topological polar surface area (TPSA) is 163 Å². The molecular weight excluding hydrogens is 598 g/mol. The van der Waals surface area contributed by atoms with Crippen LogP contribution in [0.2, 0.25) is 5.02 Å². The third kappa shape index (κ3) is 10.9. The summed E-state index contributed by atoms with van der Waals surface area (Å²) >= 11 is 6.22. The summed E-state index contributed by atoms with van der Waals surface area (Å²) in [7, 11) is 0. The number of carbonyl (C=O) groups is 3. The van der Waals surface area contributed by atoms with Gasteiger partial charge < -0.3 is 24.8 Å². The van der Waals surface area contributed by atoms with Gasteiger partial charge in [-0.1, -0.05) is 23.7 Å². The zero-order valence-electron chi connectivity index (χ0n) is 26.0. The zero-order chi connectivity index (χ0) is 33.4. The van der Waals surface area contributed by atoms with Crippen LogP contribution in [0.25, 0.3) is 0 Å². The maximum Gasteiger partial charge on any atom is 0.413 e. The highest BCUT2D eigenvalue weighted by molar-refractivity contribution is 6.31. The molecule has 3 aromatic rings. The molecule has 0 aliphatic rings. The minimum absolute atomic E-state index is 0.154. The number of nitriles is 1. The first-order chi connectivity index (χ1) is 21.0. The summed E-state index contributed by atoms with van der Waals surface area (Å²) in [6.45, 7) is 10.2. The third-order valence-corrected chi connectivity index (χ3v) is 5.96. The van der Waals surface area contributed by atoms with Crippen molar-refractivity contribution in [2.45, 2.75) is 59.3 Å². The Balaban J connectivity index is 1.72. The van der Waals surface area contributed by atoms with Crippen LogP contribution in [-0.4, -0.2) is 41.6 Å². The van der Waals surface area contributed by atoms with Crippen LogP contribution in [0.15, 0.2) is 60.7 Å². The number of esters is 1. The number of halogens is 1. The van der Waals surface area contributed by atoms with Gasteiger partial charge in [-0.3, -0.25) is 15.5 Å². The maximum absolute atomic E-state index is 13.3. The molecule has 4 N–H and O–H groups in total. The number of para-hydroxylation sites is 1. The Kier molecular flexibility index (Phi) is 11.2. The second-order valence-electron chi connectivity index (χ2n) is 11.9. The predicted molar refractivity (Wildman–Crippen MR) is 172 cm³/mol. The summed E-state index contributed by atoms with van der Waals surface area (Å²) in [4.78, 5) is 37.5. The zero-order valence-corrected chi connectivity index (χ0v) is 26.7. The van der Waals surface area contributed by atoms with Crippen LogP contribution >= 0.6 is 11.6 Å². The fraction of sp³-hybridized carbons (Fsp3) is 0.303. The molecule has 0 heterocycles. The minimum atomic E-state index is -0.744. The van der Waals surface area contributed by atoms with E-state index in [0.29, 0.717) is 27.5 Å². The third-order valence-electron chi connectivity index (χ3n) is 5.72. The molecule has 11 nitrogen and oxygen atoms in total. The largest absolute Gasteiger partial charge is 0.480 e. The van der Waals surface area contributed by atoms with E-state index in [1.165, 1.54) is 6.07 Å². The van der Waals surface area contributed by atoms with E-state index in [9.17, 15) is 19.6 Å². The average Bonchev–Trinajstić information content (AvgIpc) is 2.93. The van der Waals surface area contributed by atoms with Gasteiger partial charge in [0.2, 0.25) is 0 Å². The van der Waals surface area contributed by atoms with Crippen LogP contribution in [0.4, 0.5) is 16.2 Å². The molecular formula is C33H36ClN5O6. The highest BCUT2D eigenvalue weighted by atomic mass is 35.5. The van der Waals surface area contributed by atoms with Gasteiger partial charge in [0.15, 0.2) is 6.61 Å². The lowest BCUT2D eigenvalue weighted by atomic mass is 10.1. The number of hydrogen-bond donors (Lipinski definition) is 4. The molecule has 2 amide bonds. The first kappa shape index (κ1) is 34.4. The van der Waals surface area contributed by atoms with Crippen molar-refractivity contribution in [2.24, 2.45) is 0 Å². The highest BCUT2D eigenvalue weighted by Crippen LogP contribution is 2.27. The van der Waals surface area contributed by atoms with E-state index in [-0.39, 0.29) is 35.9 Å². The van der Waals surface area contributed by atoms with Gasteiger partial charge in [0.1, 0.15) is 28.9 Å². The summed E-state index contributed by atoms with van der Waals surface area (Å²) in [6.07, 6.45) is -0.744. The van der Waals surface area contributed by atoms with Crippen LogP contribution in [0.3, 0.4) is 0 Å². The normalized spacial score (nSPS) is 11.1. The molecule has 236 valence electrons. The molecule has 3 rings (SSSR count). The van der Waals surface area contributed by atoms with Gasteiger partial charge in [0.05, 0.1) is 11.1 Å². The summed E-state index contributed by atoms with van der Waals surface area (Å²) < 4.78 is 16.2. The number of ether oxygens (including phenoxy) is 3. The van der Waals surface area contributed by atoms with E-state index < -0.39 is 29.2 Å². The Hall–Kier alpha value is -5.08. The average molecular weight is 634 g/mol. The predicted octanol–water partition coefficient (Wildman–Crippen LogP) is 6.65. The lowest BCUT2D eigenvalue weighted by Gasteiger charge is -2.20. The Morgan fingerprint density at radius 1 is 0.933 bits per heavy atom. The summed E-state index contributed by atoms with van der Waals surface area (Å²) in [5.74, 6) is -0.958. The lowest BCUT2D eigenvalue weighted by molar-refractivity contribution is -0.157. The molecule has 0 aliphatic heterocycles. The number of nitrogens with one attached hydrogen (secondary N) is 4. The number of carbonyl (C=O) groups excluding carboxylic acids is 3. The molecule has 0 atom stereocenters. The SMILES string of the molecule is CC(C)(C)OC(=O)COc1c(C#N)cccc1CNc1ccc(Cl)cc1C(=O)Nc1ccc(C(=N)NC(=O)OC(C)(C)C)cc1. The molecule has 0 bridgehead atoms. The van der Waals surface area contributed by atoms with Gasteiger partial charge in [-0.25, -0.2) is 9.59 Å².